The van der Waals surface area contributed by atoms with Crippen LogP contribution < -0.4 is 14.4 Å². The molecule has 0 atom stereocenters. The molecule has 1 aliphatic heterocycles. The molecule has 1 heterocycles. The van der Waals surface area contributed by atoms with Crippen molar-refractivity contribution >= 4 is 21.6 Å². The van der Waals surface area contributed by atoms with E-state index < -0.39 is 15.9 Å². The minimum absolute atomic E-state index is 0.111. The van der Waals surface area contributed by atoms with E-state index in [1.807, 2.05) is 25.1 Å². The molecule has 3 aromatic rings. The third kappa shape index (κ3) is 6.25. The van der Waals surface area contributed by atoms with Gasteiger partial charge in [-0.2, -0.15) is 0 Å². The van der Waals surface area contributed by atoms with Gasteiger partial charge in [0.05, 0.1) is 17.2 Å². The van der Waals surface area contributed by atoms with Gasteiger partial charge in [-0.05, 0) is 68.2 Å². The molecule has 36 heavy (non-hydrogen) atoms. The fraction of sp³-hybridized carbons (Fsp3) is 0.321. The molecule has 190 valence electrons. The third-order valence-corrected chi connectivity index (χ3v) is 8.01. The molecule has 0 saturated carbocycles. The molecule has 1 amide bonds. The second kappa shape index (κ2) is 12.1. The topological polar surface area (TPSA) is 79.0 Å². The highest BCUT2D eigenvalue weighted by Crippen LogP contribution is 2.32. The minimum atomic E-state index is -4.01. The number of hydrogen-bond donors (Lipinski definition) is 1. The fourth-order valence-electron chi connectivity index (χ4n) is 4.41. The van der Waals surface area contributed by atoms with Gasteiger partial charge >= 0.3 is 0 Å². The summed E-state index contributed by atoms with van der Waals surface area (Å²) in [6, 6.07) is 23.1. The van der Waals surface area contributed by atoms with Crippen LogP contribution in [0.25, 0.3) is 0 Å². The van der Waals surface area contributed by atoms with Crippen molar-refractivity contribution in [1.29, 1.82) is 0 Å². The van der Waals surface area contributed by atoms with E-state index in [1.165, 1.54) is 30.5 Å². The molecule has 0 bridgehead atoms. The lowest BCUT2D eigenvalue weighted by molar-refractivity contribution is -0.119. The number of carbonyl (C=O) groups is 1. The van der Waals surface area contributed by atoms with Crippen LogP contribution in [-0.2, 0) is 27.9 Å². The predicted molar refractivity (Wildman–Crippen MR) is 141 cm³/mol. The molecular formula is C28H33N3O4S. The number of rotatable bonds is 11. The van der Waals surface area contributed by atoms with Crippen LogP contribution in [0, 0.1) is 0 Å². The van der Waals surface area contributed by atoms with Crippen molar-refractivity contribution in [2.75, 3.05) is 30.5 Å². The van der Waals surface area contributed by atoms with E-state index in [9.17, 15) is 13.2 Å². The first-order valence-electron chi connectivity index (χ1n) is 12.3. The van der Waals surface area contributed by atoms with Crippen LogP contribution >= 0.6 is 0 Å². The average molecular weight is 508 g/mol. The first-order chi connectivity index (χ1) is 17.5. The second-order valence-corrected chi connectivity index (χ2v) is 10.6. The summed E-state index contributed by atoms with van der Waals surface area (Å²) in [7, 11) is -4.01. The number of sulfonamides is 1. The van der Waals surface area contributed by atoms with Gasteiger partial charge in [-0.3, -0.25) is 14.0 Å². The Kier molecular flexibility index (Phi) is 8.61. The summed E-state index contributed by atoms with van der Waals surface area (Å²) in [6.07, 6.45) is 2.43. The second-order valence-electron chi connectivity index (χ2n) is 8.75. The summed E-state index contributed by atoms with van der Waals surface area (Å²) in [5.41, 5.74) is 2.54. The predicted octanol–water partition coefficient (Wildman–Crippen LogP) is 4.19. The van der Waals surface area contributed by atoms with Gasteiger partial charge in [-0.25, -0.2) is 8.42 Å². The normalized spacial score (nSPS) is 13.9. The summed E-state index contributed by atoms with van der Waals surface area (Å²) in [6.45, 7) is 5.20. The van der Waals surface area contributed by atoms with Crippen LogP contribution in [0.3, 0.4) is 0 Å². The molecule has 1 saturated heterocycles. The smallest absolute Gasteiger partial charge is 0.264 e. The average Bonchev–Trinajstić information content (AvgIpc) is 3.41. The number of hydrogen-bond acceptors (Lipinski definition) is 5. The molecule has 7 nitrogen and oxygen atoms in total. The third-order valence-electron chi connectivity index (χ3n) is 6.24. The Balaban J connectivity index is 1.55. The number of amides is 1. The molecular weight excluding hydrogens is 474 g/mol. The Morgan fingerprint density at radius 1 is 0.917 bits per heavy atom. The van der Waals surface area contributed by atoms with Gasteiger partial charge in [0.1, 0.15) is 12.3 Å². The minimum Gasteiger partial charge on any atom is -0.492 e. The van der Waals surface area contributed by atoms with E-state index in [2.05, 4.69) is 16.3 Å². The van der Waals surface area contributed by atoms with Gasteiger partial charge in [0, 0.05) is 13.1 Å². The molecule has 3 aromatic carbocycles. The standard InChI is InChI=1S/C28H33N3O4S/c1-2-35-27-17-9-8-16-26(27)31(36(33,34)25-14-4-3-5-15-25)22-28(32)29-20-23-12-6-7-13-24(23)21-30-18-10-11-19-30/h3-9,12-17H,2,10-11,18-22H2,1H3,(H,29,32). The number of para-hydroxylation sites is 2. The lowest BCUT2D eigenvalue weighted by atomic mass is 10.1. The summed E-state index contributed by atoms with van der Waals surface area (Å²) < 4.78 is 34.1. The van der Waals surface area contributed by atoms with Crippen molar-refractivity contribution in [3.8, 4) is 5.75 Å². The lowest BCUT2D eigenvalue weighted by Crippen LogP contribution is -2.41. The van der Waals surface area contributed by atoms with Crippen LogP contribution in [0.4, 0.5) is 5.69 Å². The number of ether oxygens (including phenoxy) is 1. The Labute approximate surface area is 213 Å². The van der Waals surface area contributed by atoms with Crippen molar-refractivity contribution in [1.82, 2.24) is 10.2 Å². The first-order valence-corrected chi connectivity index (χ1v) is 13.8. The number of carbonyl (C=O) groups excluding carboxylic acids is 1. The lowest BCUT2D eigenvalue weighted by Gasteiger charge is -2.26. The van der Waals surface area contributed by atoms with Gasteiger partial charge in [0.25, 0.3) is 10.0 Å². The van der Waals surface area contributed by atoms with E-state index in [4.69, 9.17) is 4.74 Å². The molecule has 1 aliphatic rings. The summed E-state index contributed by atoms with van der Waals surface area (Å²) in [4.78, 5) is 15.7. The van der Waals surface area contributed by atoms with E-state index in [1.54, 1.807) is 42.5 Å². The highest BCUT2D eigenvalue weighted by atomic mass is 32.2. The van der Waals surface area contributed by atoms with Crippen molar-refractivity contribution in [3.05, 3.63) is 90.0 Å². The molecule has 0 aliphatic carbocycles. The number of anilines is 1. The van der Waals surface area contributed by atoms with Crippen LogP contribution in [0.2, 0.25) is 0 Å². The SMILES string of the molecule is CCOc1ccccc1N(CC(=O)NCc1ccccc1CN1CCCC1)S(=O)(=O)c1ccccc1. The summed E-state index contributed by atoms with van der Waals surface area (Å²) in [5.74, 6) is 0.0139. The van der Waals surface area contributed by atoms with Crippen LogP contribution in [0.1, 0.15) is 30.9 Å². The van der Waals surface area contributed by atoms with Crippen LogP contribution in [0.15, 0.2) is 83.8 Å². The van der Waals surface area contributed by atoms with Crippen molar-refractivity contribution in [2.45, 2.75) is 37.8 Å². The maximum absolute atomic E-state index is 13.6. The maximum Gasteiger partial charge on any atom is 0.264 e. The molecule has 0 spiro atoms. The van der Waals surface area contributed by atoms with E-state index >= 15 is 0 Å². The summed E-state index contributed by atoms with van der Waals surface area (Å²) in [5, 5.41) is 2.94. The quantitative estimate of drug-likeness (QED) is 0.421. The van der Waals surface area contributed by atoms with E-state index in [-0.39, 0.29) is 11.4 Å². The van der Waals surface area contributed by atoms with Gasteiger partial charge in [0.2, 0.25) is 5.91 Å². The first kappa shape index (κ1) is 25.7. The number of benzene rings is 3. The maximum atomic E-state index is 13.6. The molecule has 0 unspecified atom stereocenters. The van der Waals surface area contributed by atoms with Gasteiger partial charge in [-0.15, -0.1) is 0 Å². The van der Waals surface area contributed by atoms with E-state index in [0.717, 1.165) is 29.5 Å². The molecule has 1 N–H and O–H groups in total. The Morgan fingerprint density at radius 2 is 1.56 bits per heavy atom. The Hall–Kier alpha value is -3.36. The molecule has 0 radical (unpaired) electrons. The van der Waals surface area contributed by atoms with Crippen molar-refractivity contribution in [3.63, 3.8) is 0 Å². The number of likely N-dealkylation sites (tertiary alicyclic amines) is 1. The monoisotopic (exact) mass is 507 g/mol. The highest BCUT2D eigenvalue weighted by Gasteiger charge is 2.29. The Bertz CT molecular complexity index is 1260. The largest absolute Gasteiger partial charge is 0.492 e. The zero-order chi connectivity index (χ0) is 25.4. The van der Waals surface area contributed by atoms with Crippen molar-refractivity contribution < 1.29 is 17.9 Å². The zero-order valence-electron chi connectivity index (χ0n) is 20.6. The van der Waals surface area contributed by atoms with Gasteiger partial charge < -0.3 is 10.1 Å². The molecule has 8 heteroatoms. The van der Waals surface area contributed by atoms with Crippen LogP contribution in [-0.4, -0.2) is 45.5 Å². The van der Waals surface area contributed by atoms with Gasteiger partial charge in [0.15, 0.2) is 0 Å². The van der Waals surface area contributed by atoms with E-state index in [0.29, 0.717) is 24.6 Å². The molecule has 1 fully saturated rings. The molecule has 0 aromatic heterocycles. The zero-order valence-corrected chi connectivity index (χ0v) is 21.4. The fourth-order valence-corrected chi connectivity index (χ4v) is 5.86. The molecule has 4 rings (SSSR count). The van der Waals surface area contributed by atoms with Gasteiger partial charge in [-0.1, -0.05) is 54.6 Å². The number of nitrogens with one attached hydrogen (secondary N) is 1. The van der Waals surface area contributed by atoms with Crippen molar-refractivity contribution in [2.24, 2.45) is 0 Å². The Morgan fingerprint density at radius 3 is 2.28 bits per heavy atom. The van der Waals surface area contributed by atoms with Crippen LogP contribution in [0.5, 0.6) is 5.75 Å². The summed E-state index contributed by atoms with van der Waals surface area (Å²) >= 11 is 0. The highest BCUT2D eigenvalue weighted by molar-refractivity contribution is 7.92. The number of nitrogens with zero attached hydrogens (tertiary/aromatic N) is 2.